The predicted octanol–water partition coefficient (Wildman–Crippen LogP) is 0.917. The number of hydrogen-bond donors (Lipinski definition) is 0. The van der Waals surface area contributed by atoms with E-state index in [4.69, 9.17) is 0 Å². The van der Waals surface area contributed by atoms with E-state index in [9.17, 15) is 10.1 Å². The van der Waals surface area contributed by atoms with Gasteiger partial charge in [0.1, 0.15) is 17.0 Å². The van der Waals surface area contributed by atoms with Gasteiger partial charge in [-0.2, -0.15) is 5.26 Å². The van der Waals surface area contributed by atoms with Crippen LogP contribution in [0.25, 0.3) is 11.4 Å². The molecule has 0 N–H and O–H groups in total. The first-order chi connectivity index (χ1) is 11.2. The van der Waals surface area contributed by atoms with E-state index in [0.717, 1.165) is 31.5 Å². The fourth-order valence-corrected chi connectivity index (χ4v) is 3.54. The Bertz CT molecular complexity index is 917. The Morgan fingerprint density at radius 1 is 1.26 bits per heavy atom. The molecule has 23 heavy (non-hydrogen) atoms. The molecule has 1 aliphatic carbocycles. The Balaban J connectivity index is 1.85. The number of carbonyl (C=O) groups excluding carboxylic acids is 1. The maximum absolute atomic E-state index is 12.2. The summed E-state index contributed by atoms with van der Waals surface area (Å²) in [6.45, 7) is 5.37. The molecular formula is C18H16N4O. The van der Waals surface area contributed by atoms with Gasteiger partial charge in [0.05, 0.1) is 17.3 Å². The lowest BCUT2D eigenvalue weighted by molar-refractivity contribution is -0.114. The van der Waals surface area contributed by atoms with Crippen molar-refractivity contribution in [2.75, 3.05) is 13.1 Å². The van der Waals surface area contributed by atoms with E-state index in [1.807, 2.05) is 6.07 Å². The lowest BCUT2D eigenvalue weighted by Crippen LogP contribution is -2.38. The number of nitrogens with zero attached hydrogens (tertiary/aromatic N) is 4. The van der Waals surface area contributed by atoms with E-state index in [0.29, 0.717) is 21.8 Å². The van der Waals surface area contributed by atoms with E-state index in [1.54, 1.807) is 6.20 Å². The number of likely N-dealkylation sites (tertiary alicyclic amines) is 1. The van der Waals surface area contributed by atoms with Gasteiger partial charge in [0.15, 0.2) is 0 Å². The zero-order valence-corrected chi connectivity index (χ0v) is 12.8. The van der Waals surface area contributed by atoms with Crippen LogP contribution in [0.3, 0.4) is 0 Å². The molecule has 0 bridgehead atoms. The first-order valence-corrected chi connectivity index (χ1v) is 7.85. The maximum Gasteiger partial charge on any atom is 0.290 e. The molecular weight excluding hydrogens is 288 g/mol. The summed E-state index contributed by atoms with van der Waals surface area (Å²) >= 11 is 0. The lowest BCUT2D eigenvalue weighted by Gasteiger charge is -2.36. The monoisotopic (exact) mass is 304 g/mol. The molecule has 0 unspecified atom stereocenters. The number of hydrogen-bond acceptors (Lipinski definition) is 4. The Morgan fingerprint density at radius 3 is 2.61 bits per heavy atom. The standard InChI is InChI=1S/C18H16N4O/c1-2-12-9-13-15(11-20-12)21-17(23)14(10-19)16(13)22-7-5-18(3-4-18)6-8-22/h9,11H,1,3-8H2. The molecule has 1 aromatic heterocycles. The fraction of sp³-hybridized carbons (Fsp3) is 0.389. The summed E-state index contributed by atoms with van der Waals surface area (Å²) in [6, 6.07) is 3.87. The van der Waals surface area contributed by atoms with Crippen LogP contribution in [-0.2, 0) is 4.79 Å². The first kappa shape index (κ1) is 13.9. The van der Waals surface area contributed by atoms with Gasteiger partial charge in [-0.25, -0.2) is 9.98 Å². The minimum Gasteiger partial charge on any atom is -0.370 e. The Hall–Kier alpha value is -2.70. The summed E-state index contributed by atoms with van der Waals surface area (Å²) < 4.78 is 0. The van der Waals surface area contributed by atoms with Crippen LogP contribution in [0, 0.1) is 16.7 Å². The summed E-state index contributed by atoms with van der Waals surface area (Å²) in [5.41, 5.74) is 4.91. The summed E-state index contributed by atoms with van der Waals surface area (Å²) in [7, 11) is 0. The second kappa shape index (κ2) is 4.91. The molecule has 1 amide bonds. The maximum atomic E-state index is 12.2. The van der Waals surface area contributed by atoms with Gasteiger partial charge < -0.3 is 4.90 Å². The van der Waals surface area contributed by atoms with Gasteiger partial charge in [-0.3, -0.25) is 4.79 Å². The highest BCUT2D eigenvalue weighted by Gasteiger charge is 2.45. The van der Waals surface area contributed by atoms with Crippen LogP contribution >= 0.6 is 0 Å². The second-order valence-corrected chi connectivity index (χ2v) is 6.50. The number of aromatic nitrogens is 1. The normalized spacial score (nSPS) is 21.3. The van der Waals surface area contributed by atoms with Gasteiger partial charge in [0.25, 0.3) is 5.91 Å². The van der Waals surface area contributed by atoms with Gasteiger partial charge in [0.2, 0.25) is 0 Å². The number of carbonyl (C=O) groups is 1. The molecule has 2 aliphatic heterocycles. The molecule has 2 fully saturated rings. The summed E-state index contributed by atoms with van der Waals surface area (Å²) in [5.74, 6) is -0.473. The number of fused-ring (bicyclic) bond motifs is 1. The van der Waals surface area contributed by atoms with E-state index >= 15 is 0 Å². The Kier molecular flexibility index (Phi) is 2.97. The summed E-state index contributed by atoms with van der Waals surface area (Å²) in [4.78, 5) is 22.5. The second-order valence-electron chi connectivity index (χ2n) is 6.50. The van der Waals surface area contributed by atoms with Crippen LogP contribution < -0.4 is 10.7 Å². The van der Waals surface area contributed by atoms with Gasteiger partial charge in [-0.15, -0.1) is 5.73 Å². The van der Waals surface area contributed by atoms with Crippen LogP contribution in [0.15, 0.2) is 29.4 Å². The number of piperidine rings is 1. The Labute approximate surface area is 134 Å². The molecule has 0 radical (unpaired) electrons. The predicted molar refractivity (Wildman–Crippen MR) is 84.1 cm³/mol. The molecule has 1 saturated heterocycles. The van der Waals surface area contributed by atoms with Crippen molar-refractivity contribution in [3.8, 4) is 6.07 Å². The number of amides is 1. The average molecular weight is 304 g/mol. The molecule has 1 spiro atoms. The first-order valence-electron chi connectivity index (χ1n) is 7.85. The van der Waals surface area contributed by atoms with Crippen molar-refractivity contribution < 1.29 is 4.79 Å². The molecule has 1 aromatic rings. The zero-order valence-electron chi connectivity index (χ0n) is 12.8. The molecule has 3 aliphatic rings. The number of nitriles is 1. The van der Waals surface area contributed by atoms with Crippen molar-refractivity contribution >= 4 is 17.3 Å². The zero-order chi connectivity index (χ0) is 16.0. The van der Waals surface area contributed by atoms with Crippen molar-refractivity contribution in [2.45, 2.75) is 25.7 Å². The van der Waals surface area contributed by atoms with Crippen molar-refractivity contribution in [1.82, 2.24) is 9.88 Å². The van der Waals surface area contributed by atoms with Gasteiger partial charge in [-0.1, -0.05) is 6.58 Å². The van der Waals surface area contributed by atoms with Gasteiger partial charge in [0, 0.05) is 18.7 Å². The van der Waals surface area contributed by atoms with Crippen LogP contribution in [-0.4, -0.2) is 28.9 Å². The van der Waals surface area contributed by atoms with Crippen molar-refractivity contribution in [3.63, 3.8) is 0 Å². The quantitative estimate of drug-likeness (QED) is 0.773. The highest BCUT2D eigenvalue weighted by molar-refractivity contribution is 6.06. The smallest absolute Gasteiger partial charge is 0.290 e. The highest BCUT2D eigenvalue weighted by atomic mass is 16.1. The van der Waals surface area contributed by atoms with Gasteiger partial charge >= 0.3 is 0 Å². The summed E-state index contributed by atoms with van der Waals surface area (Å²) in [5, 5.41) is 10.6. The van der Waals surface area contributed by atoms with Crippen molar-refractivity contribution in [1.29, 1.82) is 5.26 Å². The van der Waals surface area contributed by atoms with Crippen LogP contribution in [0.1, 0.15) is 31.2 Å². The van der Waals surface area contributed by atoms with E-state index < -0.39 is 5.91 Å². The minimum atomic E-state index is -0.473. The number of pyridine rings is 1. The van der Waals surface area contributed by atoms with Crippen molar-refractivity contribution in [3.05, 3.63) is 40.7 Å². The fourth-order valence-electron chi connectivity index (χ4n) is 3.54. The molecule has 5 heteroatoms. The minimum absolute atomic E-state index is 0.130. The molecule has 5 nitrogen and oxygen atoms in total. The van der Waals surface area contributed by atoms with E-state index in [1.165, 1.54) is 12.8 Å². The third-order valence-corrected chi connectivity index (χ3v) is 5.20. The third kappa shape index (κ3) is 2.19. The van der Waals surface area contributed by atoms with Crippen molar-refractivity contribution in [2.24, 2.45) is 10.4 Å². The Morgan fingerprint density at radius 2 is 2.00 bits per heavy atom. The topological polar surface area (TPSA) is 69.3 Å². The molecule has 4 rings (SSSR count). The van der Waals surface area contributed by atoms with E-state index in [2.05, 4.69) is 33.3 Å². The molecule has 3 heterocycles. The SMILES string of the molecule is C=C=c1cc2c(cn1)=NC(=O)C(C#N)=C2N1CCC2(CC1)CC2. The molecule has 0 atom stereocenters. The van der Waals surface area contributed by atoms with E-state index in [-0.39, 0.29) is 5.57 Å². The van der Waals surface area contributed by atoms with Crippen LogP contribution in [0.2, 0.25) is 0 Å². The lowest BCUT2D eigenvalue weighted by atomic mass is 9.91. The average Bonchev–Trinajstić information content (AvgIpc) is 3.33. The van der Waals surface area contributed by atoms with Crippen LogP contribution in [0.4, 0.5) is 0 Å². The molecule has 0 aromatic carbocycles. The molecule has 1 saturated carbocycles. The molecule has 114 valence electrons. The largest absolute Gasteiger partial charge is 0.370 e. The number of rotatable bonds is 1. The van der Waals surface area contributed by atoms with Gasteiger partial charge in [-0.05, 0) is 37.2 Å². The third-order valence-electron chi connectivity index (χ3n) is 5.20. The highest BCUT2D eigenvalue weighted by Crippen LogP contribution is 2.54. The van der Waals surface area contributed by atoms with Crippen LogP contribution in [0.5, 0.6) is 0 Å². The summed E-state index contributed by atoms with van der Waals surface area (Å²) in [6.07, 6.45) is 6.44.